The lowest BCUT2D eigenvalue weighted by molar-refractivity contribution is 0.237. The van der Waals surface area contributed by atoms with E-state index < -0.39 is 0 Å². The molecule has 2 amide bonds. The molecule has 0 aromatic carbocycles. The number of aryl methyl sites for hydroxylation is 1. The molecule has 0 spiro atoms. The summed E-state index contributed by atoms with van der Waals surface area (Å²) in [5, 5.41) is 11.7. The number of hydrogen-bond donors (Lipinski definition) is 2. The zero-order valence-corrected chi connectivity index (χ0v) is 11.6. The molecule has 0 aliphatic heterocycles. The molecule has 0 fully saturated rings. The summed E-state index contributed by atoms with van der Waals surface area (Å²) in [7, 11) is 0. The zero-order valence-electron chi connectivity index (χ0n) is 10.7. The molecule has 2 rings (SSSR count). The minimum absolute atomic E-state index is 0.0373. The molecule has 0 saturated heterocycles. The van der Waals surface area contributed by atoms with Crippen LogP contribution in [0.5, 0.6) is 0 Å². The summed E-state index contributed by atoms with van der Waals surface area (Å²) in [5.74, 6) is 0. The van der Waals surface area contributed by atoms with Gasteiger partial charge in [0.2, 0.25) is 0 Å². The molecule has 0 aliphatic rings. The number of carbonyl (C=O) groups is 1. The van der Waals surface area contributed by atoms with Crippen molar-refractivity contribution in [3.05, 3.63) is 35.0 Å². The average Bonchev–Trinajstić information content (AvgIpc) is 3.07. The minimum Gasteiger partial charge on any atom is -0.338 e. The Bertz CT molecular complexity index is 482. The van der Waals surface area contributed by atoms with E-state index in [0.717, 1.165) is 17.8 Å². The number of aromatic nitrogens is 3. The molecule has 19 heavy (non-hydrogen) atoms. The van der Waals surface area contributed by atoms with Crippen molar-refractivity contribution in [3.8, 4) is 0 Å². The van der Waals surface area contributed by atoms with Crippen LogP contribution in [0.1, 0.15) is 24.3 Å². The standard InChI is InChI=1S/C12H17N5OS/c1-10(11-4-2-7-19-11)16-12(18)14-5-3-6-17-9-13-8-15-17/h2,4,7-10H,3,5-6H2,1H3,(H2,14,16,18)/t10-/m1/s1. The molecule has 0 aliphatic carbocycles. The van der Waals surface area contributed by atoms with Crippen LogP contribution < -0.4 is 10.6 Å². The molecule has 2 aromatic rings. The van der Waals surface area contributed by atoms with Crippen molar-refractivity contribution >= 4 is 17.4 Å². The number of thiophene rings is 1. The Balaban J connectivity index is 1.62. The van der Waals surface area contributed by atoms with E-state index >= 15 is 0 Å². The van der Waals surface area contributed by atoms with Gasteiger partial charge in [0, 0.05) is 18.0 Å². The Hall–Kier alpha value is -1.89. The molecule has 0 unspecified atom stereocenters. The molecule has 102 valence electrons. The fourth-order valence-corrected chi connectivity index (χ4v) is 2.38. The lowest BCUT2D eigenvalue weighted by Crippen LogP contribution is -2.37. The van der Waals surface area contributed by atoms with Crippen LogP contribution in [-0.2, 0) is 6.54 Å². The van der Waals surface area contributed by atoms with Crippen LogP contribution in [-0.4, -0.2) is 27.3 Å². The van der Waals surface area contributed by atoms with Crippen molar-refractivity contribution in [2.45, 2.75) is 25.9 Å². The van der Waals surface area contributed by atoms with E-state index in [-0.39, 0.29) is 12.1 Å². The number of urea groups is 1. The maximum absolute atomic E-state index is 11.7. The number of rotatable bonds is 6. The van der Waals surface area contributed by atoms with Gasteiger partial charge in [-0.1, -0.05) is 6.07 Å². The predicted molar refractivity (Wildman–Crippen MR) is 73.9 cm³/mol. The van der Waals surface area contributed by atoms with Crippen molar-refractivity contribution in [2.24, 2.45) is 0 Å². The SMILES string of the molecule is C[C@@H](NC(=O)NCCCn1cncn1)c1cccs1. The third-order valence-corrected chi connectivity index (χ3v) is 3.69. The summed E-state index contributed by atoms with van der Waals surface area (Å²) >= 11 is 1.64. The van der Waals surface area contributed by atoms with Gasteiger partial charge in [-0.2, -0.15) is 5.10 Å². The first kappa shape index (κ1) is 13.5. The minimum atomic E-state index is -0.139. The van der Waals surface area contributed by atoms with Crippen molar-refractivity contribution in [3.63, 3.8) is 0 Å². The van der Waals surface area contributed by atoms with Gasteiger partial charge in [-0.15, -0.1) is 11.3 Å². The topological polar surface area (TPSA) is 71.8 Å². The number of hydrogen-bond acceptors (Lipinski definition) is 4. The van der Waals surface area contributed by atoms with Crippen molar-refractivity contribution < 1.29 is 4.79 Å². The van der Waals surface area contributed by atoms with Gasteiger partial charge in [-0.25, -0.2) is 9.78 Å². The van der Waals surface area contributed by atoms with Gasteiger partial charge < -0.3 is 10.6 Å². The van der Waals surface area contributed by atoms with E-state index in [4.69, 9.17) is 0 Å². The molecule has 2 N–H and O–H groups in total. The molecule has 0 saturated carbocycles. The Labute approximate surface area is 115 Å². The van der Waals surface area contributed by atoms with E-state index in [1.54, 1.807) is 22.3 Å². The van der Waals surface area contributed by atoms with Gasteiger partial charge in [0.1, 0.15) is 12.7 Å². The van der Waals surface area contributed by atoms with Gasteiger partial charge in [0.05, 0.1) is 6.04 Å². The Kier molecular flexibility index (Phi) is 4.91. The van der Waals surface area contributed by atoms with Crippen molar-refractivity contribution in [1.82, 2.24) is 25.4 Å². The molecule has 0 bridgehead atoms. The second-order valence-corrected chi connectivity index (χ2v) is 5.13. The molecule has 7 heteroatoms. The van der Waals surface area contributed by atoms with E-state index in [0.29, 0.717) is 6.54 Å². The average molecular weight is 279 g/mol. The van der Waals surface area contributed by atoms with Crippen LogP contribution in [0.15, 0.2) is 30.2 Å². The highest BCUT2D eigenvalue weighted by Gasteiger charge is 2.09. The molecule has 6 nitrogen and oxygen atoms in total. The highest BCUT2D eigenvalue weighted by atomic mass is 32.1. The zero-order chi connectivity index (χ0) is 13.5. The first-order valence-electron chi connectivity index (χ1n) is 6.16. The quantitative estimate of drug-likeness (QED) is 0.792. The summed E-state index contributed by atoms with van der Waals surface area (Å²) in [5.41, 5.74) is 0. The van der Waals surface area contributed by atoms with Crippen molar-refractivity contribution in [1.29, 1.82) is 0 Å². The highest BCUT2D eigenvalue weighted by molar-refractivity contribution is 7.10. The summed E-state index contributed by atoms with van der Waals surface area (Å²) < 4.78 is 1.74. The van der Waals surface area contributed by atoms with E-state index in [9.17, 15) is 4.79 Å². The van der Waals surface area contributed by atoms with Crippen LogP contribution in [0.25, 0.3) is 0 Å². The lowest BCUT2D eigenvalue weighted by atomic mass is 10.3. The smallest absolute Gasteiger partial charge is 0.315 e. The van der Waals surface area contributed by atoms with Crippen LogP contribution in [0.2, 0.25) is 0 Å². The number of nitrogens with zero attached hydrogens (tertiary/aromatic N) is 3. The number of carbonyl (C=O) groups excluding carboxylic acids is 1. The van der Waals surface area contributed by atoms with Gasteiger partial charge in [-0.05, 0) is 24.8 Å². The molecule has 0 radical (unpaired) electrons. The van der Waals surface area contributed by atoms with E-state index in [1.807, 2.05) is 24.4 Å². The second-order valence-electron chi connectivity index (χ2n) is 4.15. The number of amides is 2. The van der Waals surface area contributed by atoms with Gasteiger partial charge in [0.15, 0.2) is 0 Å². The van der Waals surface area contributed by atoms with Crippen LogP contribution in [0.4, 0.5) is 4.79 Å². The molecule has 1 atom stereocenters. The fourth-order valence-electron chi connectivity index (χ4n) is 1.65. The Morgan fingerprint density at radius 3 is 3.16 bits per heavy atom. The Morgan fingerprint density at radius 2 is 2.47 bits per heavy atom. The largest absolute Gasteiger partial charge is 0.338 e. The van der Waals surface area contributed by atoms with Crippen molar-refractivity contribution in [2.75, 3.05) is 6.54 Å². The van der Waals surface area contributed by atoms with Gasteiger partial charge in [-0.3, -0.25) is 4.68 Å². The van der Waals surface area contributed by atoms with Crippen LogP contribution in [0, 0.1) is 0 Å². The van der Waals surface area contributed by atoms with Crippen LogP contribution in [0.3, 0.4) is 0 Å². The number of nitrogens with one attached hydrogen (secondary N) is 2. The van der Waals surface area contributed by atoms with E-state index in [1.165, 1.54) is 6.33 Å². The molecular weight excluding hydrogens is 262 g/mol. The normalized spacial score (nSPS) is 12.1. The fraction of sp³-hybridized carbons (Fsp3) is 0.417. The van der Waals surface area contributed by atoms with Crippen LogP contribution >= 0.6 is 11.3 Å². The van der Waals surface area contributed by atoms with Gasteiger partial charge in [0.25, 0.3) is 0 Å². The lowest BCUT2D eigenvalue weighted by Gasteiger charge is -2.13. The summed E-state index contributed by atoms with van der Waals surface area (Å²) in [6, 6.07) is 3.89. The molecular formula is C12H17N5OS. The first-order chi connectivity index (χ1) is 9.25. The summed E-state index contributed by atoms with van der Waals surface area (Å²) in [6.07, 6.45) is 3.99. The van der Waals surface area contributed by atoms with E-state index in [2.05, 4.69) is 20.7 Å². The Morgan fingerprint density at radius 1 is 1.58 bits per heavy atom. The second kappa shape index (κ2) is 6.89. The third kappa shape index (κ3) is 4.36. The molecule has 2 aromatic heterocycles. The molecule has 2 heterocycles. The summed E-state index contributed by atoms with van der Waals surface area (Å²) in [6.45, 7) is 3.34. The maximum Gasteiger partial charge on any atom is 0.315 e. The summed E-state index contributed by atoms with van der Waals surface area (Å²) in [4.78, 5) is 16.7. The van der Waals surface area contributed by atoms with Gasteiger partial charge >= 0.3 is 6.03 Å². The third-order valence-electron chi connectivity index (χ3n) is 2.63. The highest BCUT2D eigenvalue weighted by Crippen LogP contribution is 2.17. The predicted octanol–water partition coefficient (Wildman–Crippen LogP) is 1.79. The monoisotopic (exact) mass is 279 g/mol. The first-order valence-corrected chi connectivity index (χ1v) is 7.04. The maximum atomic E-state index is 11.7.